The Hall–Kier alpha value is -2.78. The highest BCUT2D eigenvalue weighted by molar-refractivity contribution is 7.92. The first kappa shape index (κ1) is 29.8. The van der Waals surface area contributed by atoms with E-state index in [9.17, 15) is 18.0 Å². The largest absolute Gasteiger partial charge is 0.354 e. The Morgan fingerprint density at radius 2 is 1.50 bits per heavy atom. The van der Waals surface area contributed by atoms with Crippen LogP contribution in [0.15, 0.2) is 77.7 Å². The summed E-state index contributed by atoms with van der Waals surface area (Å²) in [5.41, 5.74) is 0.737. The maximum Gasteiger partial charge on any atom is 0.264 e. The number of anilines is 1. The second-order valence-electron chi connectivity index (χ2n) is 8.49. The summed E-state index contributed by atoms with van der Waals surface area (Å²) >= 11 is 18.7. The normalized spacial score (nSPS) is 12.0. The number of para-hydroxylation sites is 1. The van der Waals surface area contributed by atoms with Crippen molar-refractivity contribution in [1.82, 2.24) is 10.2 Å². The molecule has 2 amide bonds. The molecule has 38 heavy (non-hydrogen) atoms. The van der Waals surface area contributed by atoms with E-state index in [1.54, 1.807) is 55.5 Å². The Kier molecular flexibility index (Phi) is 10.4. The van der Waals surface area contributed by atoms with Crippen molar-refractivity contribution in [2.45, 2.75) is 37.8 Å². The fourth-order valence-electron chi connectivity index (χ4n) is 3.69. The third-order valence-electron chi connectivity index (χ3n) is 5.83. The van der Waals surface area contributed by atoms with Crippen molar-refractivity contribution in [3.8, 4) is 0 Å². The Bertz CT molecular complexity index is 1350. The van der Waals surface area contributed by atoms with Gasteiger partial charge in [-0.05, 0) is 61.9 Å². The number of carbonyl (C=O) groups is 2. The van der Waals surface area contributed by atoms with E-state index in [2.05, 4.69) is 5.32 Å². The molecule has 0 aliphatic heterocycles. The maximum atomic E-state index is 13.8. The maximum absolute atomic E-state index is 13.8. The zero-order valence-corrected chi connectivity index (χ0v) is 24.0. The van der Waals surface area contributed by atoms with E-state index in [1.807, 2.05) is 6.92 Å². The minimum Gasteiger partial charge on any atom is -0.354 e. The van der Waals surface area contributed by atoms with Gasteiger partial charge in [-0.1, -0.05) is 66.0 Å². The fourth-order valence-corrected chi connectivity index (χ4v) is 5.75. The molecule has 1 atom stereocenters. The smallest absolute Gasteiger partial charge is 0.264 e. The van der Waals surface area contributed by atoms with Crippen molar-refractivity contribution in [2.75, 3.05) is 17.4 Å². The highest BCUT2D eigenvalue weighted by Crippen LogP contribution is 2.28. The number of sulfonamides is 1. The van der Waals surface area contributed by atoms with Gasteiger partial charge in [-0.25, -0.2) is 8.42 Å². The van der Waals surface area contributed by atoms with Gasteiger partial charge in [-0.3, -0.25) is 13.9 Å². The summed E-state index contributed by atoms with van der Waals surface area (Å²) < 4.78 is 28.4. The lowest BCUT2D eigenvalue weighted by molar-refractivity contribution is -0.139. The standard InChI is InChI=1S/C27H28Cl3N3O4S/c1-3-16-31-27(35)19(2)32(17-23-24(29)10-7-11-25(23)30)26(34)18-33(21-8-5-4-6-9-21)38(36,37)22-14-12-20(28)13-15-22/h4-15,19H,3,16-18H2,1-2H3,(H,31,35)/t19-/m0/s1. The quantitative estimate of drug-likeness (QED) is 0.304. The van der Waals surface area contributed by atoms with Crippen LogP contribution in [0.5, 0.6) is 0 Å². The van der Waals surface area contributed by atoms with Gasteiger partial charge in [0.1, 0.15) is 12.6 Å². The molecule has 0 bridgehead atoms. The van der Waals surface area contributed by atoms with Crippen molar-refractivity contribution >= 4 is 62.3 Å². The van der Waals surface area contributed by atoms with Crippen LogP contribution in [-0.2, 0) is 26.2 Å². The molecule has 202 valence electrons. The zero-order valence-electron chi connectivity index (χ0n) is 20.9. The number of benzene rings is 3. The number of hydrogen-bond donors (Lipinski definition) is 1. The zero-order chi connectivity index (χ0) is 27.9. The van der Waals surface area contributed by atoms with Gasteiger partial charge in [0.05, 0.1) is 10.6 Å². The monoisotopic (exact) mass is 595 g/mol. The molecule has 0 aliphatic rings. The molecule has 11 heteroatoms. The molecule has 0 unspecified atom stereocenters. The van der Waals surface area contributed by atoms with Gasteiger partial charge in [-0.15, -0.1) is 0 Å². The topological polar surface area (TPSA) is 86.8 Å². The van der Waals surface area contributed by atoms with Crippen molar-refractivity contribution in [3.05, 3.63) is 93.4 Å². The van der Waals surface area contributed by atoms with Gasteiger partial charge in [-0.2, -0.15) is 0 Å². The molecule has 0 aliphatic carbocycles. The van der Waals surface area contributed by atoms with Crippen LogP contribution >= 0.6 is 34.8 Å². The van der Waals surface area contributed by atoms with Gasteiger partial charge in [0.15, 0.2) is 0 Å². The Labute approximate surface area is 238 Å². The molecule has 3 aromatic carbocycles. The summed E-state index contributed by atoms with van der Waals surface area (Å²) in [6.45, 7) is 3.26. The van der Waals surface area contributed by atoms with Crippen LogP contribution in [0.4, 0.5) is 5.69 Å². The number of hydrogen-bond acceptors (Lipinski definition) is 4. The number of carbonyl (C=O) groups excluding carboxylic acids is 2. The molecule has 3 aromatic rings. The molecule has 0 fully saturated rings. The molecule has 7 nitrogen and oxygen atoms in total. The molecule has 0 radical (unpaired) electrons. The number of amides is 2. The van der Waals surface area contributed by atoms with Crippen molar-refractivity contribution in [2.24, 2.45) is 0 Å². The van der Waals surface area contributed by atoms with E-state index < -0.39 is 28.5 Å². The molecule has 3 rings (SSSR count). The van der Waals surface area contributed by atoms with Gasteiger partial charge >= 0.3 is 0 Å². The summed E-state index contributed by atoms with van der Waals surface area (Å²) in [7, 11) is -4.17. The van der Waals surface area contributed by atoms with Crippen molar-refractivity contribution in [3.63, 3.8) is 0 Å². The second kappa shape index (κ2) is 13.3. The summed E-state index contributed by atoms with van der Waals surface area (Å²) in [5, 5.41) is 3.81. The Balaban J connectivity index is 2.03. The SMILES string of the molecule is CCCNC(=O)[C@H](C)N(Cc1c(Cl)cccc1Cl)C(=O)CN(c1ccccc1)S(=O)(=O)c1ccc(Cl)cc1. The predicted octanol–water partition coefficient (Wildman–Crippen LogP) is 5.79. The fraction of sp³-hybridized carbons (Fsp3) is 0.259. The molecule has 0 aromatic heterocycles. The number of nitrogens with zero attached hydrogens (tertiary/aromatic N) is 2. The summed E-state index contributed by atoms with van der Waals surface area (Å²) in [6.07, 6.45) is 0.712. The van der Waals surface area contributed by atoms with Crippen LogP contribution in [0.25, 0.3) is 0 Å². The summed E-state index contributed by atoms with van der Waals surface area (Å²) in [4.78, 5) is 28.0. The average Bonchev–Trinajstić information content (AvgIpc) is 2.90. The van der Waals surface area contributed by atoms with Crippen LogP contribution < -0.4 is 9.62 Å². The Morgan fingerprint density at radius 1 is 0.895 bits per heavy atom. The average molecular weight is 597 g/mol. The number of nitrogens with one attached hydrogen (secondary N) is 1. The molecule has 0 saturated heterocycles. The third-order valence-corrected chi connectivity index (χ3v) is 8.58. The first-order valence-corrected chi connectivity index (χ1v) is 14.5. The molecule has 0 spiro atoms. The van der Waals surface area contributed by atoms with Crippen LogP contribution in [0.1, 0.15) is 25.8 Å². The van der Waals surface area contributed by atoms with E-state index in [-0.39, 0.29) is 23.0 Å². The van der Waals surface area contributed by atoms with Crippen LogP contribution in [0.2, 0.25) is 15.1 Å². The van der Waals surface area contributed by atoms with Crippen LogP contribution in [0, 0.1) is 0 Å². The Morgan fingerprint density at radius 3 is 2.08 bits per heavy atom. The molecular formula is C27H28Cl3N3O4S. The lowest BCUT2D eigenvalue weighted by Gasteiger charge is -2.32. The summed E-state index contributed by atoms with van der Waals surface area (Å²) in [6, 6.07) is 18.0. The van der Waals surface area contributed by atoms with Gasteiger partial charge in [0.2, 0.25) is 11.8 Å². The molecule has 1 N–H and O–H groups in total. The van der Waals surface area contributed by atoms with Gasteiger partial charge in [0, 0.05) is 33.7 Å². The molecular weight excluding hydrogens is 569 g/mol. The lowest BCUT2D eigenvalue weighted by atomic mass is 10.1. The van der Waals surface area contributed by atoms with Crippen LogP contribution in [-0.4, -0.2) is 44.3 Å². The van der Waals surface area contributed by atoms with E-state index in [0.29, 0.717) is 33.6 Å². The first-order chi connectivity index (χ1) is 18.1. The predicted molar refractivity (Wildman–Crippen MR) is 152 cm³/mol. The number of halogens is 3. The second-order valence-corrected chi connectivity index (χ2v) is 11.6. The van der Waals surface area contributed by atoms with E-state index in [4.69, 9.17) is 34.8 Å². The third kappa shape index (κ3) is 7.20. The van der Waals surface area contributed by atoms with Crippen LogP contribution in [0.3, 0.4) is 0 Å². The highest BCUT2D eigenvalue weighted by atomic mass is 35.5. The summed E-state index contributed by atoms with van der Waals surface area (Å²) in [5.74, 6) is -0.989. The van der Waals surface area contributed by atoms with E-state index >= 15 is 0 Å². The van der Waals surface area contributed by atoms with Crippen molar-refractivity contribution in [1.29, 1.82) is 0 Å². The molecule has 0 heterocycles. The van der Waals surface area contributed by atoms with E-state index in [1.165, 1.54) is 29.2 Å². The minimum absolute atomic E-state index is 0.0343. The number of rotatable bonds is 11. The van der Waals surface area contributed by atoms with Crippen molar-refractivity contribution < 1.29 is 18.0 Å². The van der Waals surface area contributed by atoms with E-state index in [0.717, 1.165) is 4.31 Å². The molecule has 0 saturated carbocycles. The first-order valence-electron chi connectivity index (χ1n) is 11.9. The lowest BCUT2D eigenvalue weighted by Crippen LogP contribution is -2.51. The minimum atomic E-state index is -4.17. The highest BCUT2D eigenvalue weighted by Gasteiger charge is 2.33. The van der Waals surface area contributed by atoms with Gasteiger partial charge in [0.25, 0.3) is 10.0 Å². The van der Waals surface area contributed by atoms with Gasteiger partial charge < -0.3 is 10.2 Å².